The SMILES string of the molecule is Cc1nc(-c2ccccc2)c2[nH]c(=O)n(-c3ccccc3)c(C)c1-2. The Morgan fingerprint density at radius 3 is 2.21 bits per heavy atom. The van der Waals surface area contributed by atoms with Crippen LogP contribution in [0.25, 0.3) is 28.2 Å². The summed E-state index contributed by atoms with van der Waals surface area (Å²) in [5.74, 6) is 0. The number of aromatic nitrogens is 3. The van der Waals surface area contributed by atoms with Crippen LogP contribution >= 0.6 is 0 Å². The number of rotatable bonds is 2. The zero-order valence-corrected chi connectivity index (χ0v) is 13.6. The van der Waals surface area contributed by atoms with Crippen molar-refractivity contribution >= 4 is 0 Å². The average Bonchev–Trinajstić information content (AvgIpc) is 2.93. The lowest BCUT2D eigenvalue weighted by molar-refractivity contribution is 0.876. The van der Waals surface area contributed by atoms with Crippen LogP contribution in [0.15, 0.2) is 65.5 Å². The first-order valence-electron chi connectivity index (χ1n) is 7.89. The van der Waals surface area contributed by atoms with E-state index in [2.05, 4.69) is 4.98 Å². The van der Waals surface area contributed by atoms with E-state index in [1.54, 1.807) is 4.57 Å². The van der Waals surface area contributed by atoms with Crippen molar-refractivity contribution in [3.8, 4) is 28.2 Å². The molecule has 0 unspecified atom stereocenters. The minimum Gasteiger partial charge on any atom is -0.304 e. The molecular weight excluding hydrogens is 298 g/mol. The lowest BCUT2D eigenvalue weighted by Gasteiger charge is -2.14. The molecule has 4 rings (SSSR count). The van der Waals surface area contributed by atoms with Crippen molar-refractivity contribution in [1.29, 1.82) is 0 Å². The quantitative estimate of drug-likeness (QED) is 0.609. The molecule has 0 radical (unpaired) electrons. The summed E-state index contributed by atoms with van der Waals surface area (Å²) in [6.07, 6.45) is 0. The van der Waals surface area contributed by atoms with Crippen LogP contribution in [-0.2, 0) is 0 Å². The number of fused-ring (bicyclic) bond motifs is 1. The molecule has 2 aromatic carbocycles. The largest absolute Gasteiger partial charge is 0.330 e. The molecule has 2 aliphatic rings. The highest BCUT2D eigenvalue weighted by Crippen LogP contribution is 2.35. The zero-order valence-electron chi connectivity index (χ0n) is 13.6. The van der Waals surface area contributed by atoms with E-state index in [9.17, 15) is 4.79 Å². The molecule has 118 valence electrons. The van der Waals surface area contributed by atoms with Crippen molar-refractivity contribution in [2.45, 2.75) is 13.8 Å². The molecule has 4 heteroatoms. The molecule has 0 saturated heterocycles. The summed E-state index contributed by atoms with van der Waals surface area (Å²) in [5, 5.41) is 0. The number of hydrogen-bond acceptors (Lipinski definition) is 2. The van der Waals surface area contributed by atoms with Crippen LogP contribution in [0.2, 0.25) is 0 Å². The molecule has 2 heterocycles. The maximum Gasteiger partial charge on any atom is 0.330 e. The van der Waals surface area contributed by atoms with Gasteiger partial charge >= 0.3 is 5.69 Å². The third-order valence-electron chi connectivity index (χ3n) is 4.32. The minimum atomic E-state index is -0.157. The van der Waals surface area contributed by atoms with Gasteiger partial charge in [0, 0.05) is 22.5 Å². The molecule has 0 amide bonds. The molecule has 24 heavy (non-hydrogen) atoms. The highest BCUT2D eigenvalue weighted by Gasteiger charge is 2.23. The average molecular weight is 315 g/mol. The normalized spacial score (nSPS) is 11.1. The second-order valence-electron chi connectivity index (χ2n) is 5.85. The maximum atomic E-state index is 12.7. The Hall–Kier alpha value is -3.14. The highest BCUT2D eigenvalue weighted by molar-refractivity contribution is 5.83. The van der Waals surface area contributed by atoms with E-state index in [-0.39, 0.29) is 5.69 Å². The summed E-state index contributed by atoms with van der Waals surface area (Å²) in [5.41, 5.74) is 6.13. The predicted octanol–water partition coefficient (Wildman–Crippen LogP) is 3.95. The number of hydrogen-bond donors (Lipinski definition) is 1. The van der Waals surface area contributed by atoms with E-state index in [4.69, 9.17) is 4.98 Å². The standard InChI is InChI=1S/C20H17N3O/c1-13-17-14(2)23(16-11-7-4-8-12-16)20(24)22-19(17)18(21-13)15-9-5-3-6-10-15/h3-12H,1-2H3,(H,22,24). The van der Waals surface area contributed by atoms with Gasteiger partial charge in [0.05, 0.1) is 17.1 Å². The second kappa shape index (κ2) is 5.49. The third kappa shape index (κ3) is 2.15. The monoisotopic (exact) mass is 315 g/mol. The predicted molar refractivity (Wildman–Crippen MR) is 95.7 cm³/mol. The molecule has 0 aromatic heterocycles. The van der Waals surface area contributed by atoms with E-state index in [0.29, 0.717) is 0 Å². The Morgan fingerprint density at radius 1 is 0.917 bits per heavy atom. The van der Waals surface area contributed by atoms with Crippen molar-refractivity contribution in [1.82, 2.24) is 14.5 Å². The third-order valence-corrected chi connectivity index (χ3v) is 4.32. The van der Waals surface area contributed by atoms with Crippen molar-refractivity contribution in [2.24, 2.45) is 0 Å². The number of aromatic amines is 1. The number of nitrogens with zero attached hydrogens (tertiary/aromatic N) is 2. The molecule has 0 bridgehead atoms. The number of H-pyrrole nitrogens is 1. The molecular formula is C20H17N3O. The number of aryl methyl sites for hydroxylation is 1. The van der Waals surface area contributed by atoms with E-state index in [1.807, 2.05) is 74.5 Å². The van der Waals surface area contributed by atoms with Crippen LogP contribution in [0, 0.1) is 13.8 Å². The molecule has 0 spiro atoms. The molecule has 1 N–H and O–H groups in total. The van der Waals surface area contributed by atoms with Gasteiger partial charge in [-0.3, -0.25) is 9.55 Å². The number of nitrogens with one attached hydrogen (secondary N) is 1. The van der Waals surface area contributed by atoms with Crippen LogP contribution in [0.4, 0.5) is 0 Å². The van der Waals surface area contributed by atoms with E-state index in [0.717, 1.165) is 39.6 Å². The number of benzene rings is 2. The summed E-state index contributed by atoms with van der Waals surface area (Å²) >= 11 is 0. The molecule has 0 saturated carbocycles. The minimum absolute atomic E-state index is 0.157. The summed E-state index contributed by atoms with van der Waals surface area (Å²) in [4.78, 5) is 20.5. The number of para-hydroxylation sites is 1. The van der Waals surface area contributed by atoms with Crippen LogP contribution in [-0.4, -0.2) is 14.5 Å². The van der Waals surface area contributed by atoms with Crippen molar-refractivity contribution in [3.05, 3.63) is 82.5 Å². The Labute approximate surface area is 139 Å². The van der Waals surface area contributed by atoms with Gasteiger partial charge in [-0.15, -0.1) is 0 Å². The summed E-state index contributed by atoms with van der Waals surface area (Å²) in [6, 6.07) is 19.6. The molecule has 2 aliphatic heterocycles. The van der Waals surface area contributed by atoms with Gasteiger partial charge in [0.2, 0.25) is 0 Å². The molecule has 4 nitrogen and oxygen atoms in total. The Kier molecular flexibility index (Phi) is 3.31. The van der Waals surface area contributed by atoms with Crippen LogP contribution < -0.4 is 5.69 Å². The smallest absolute Gasteiger partial charge is 0.304 e. The van der Waals surface area contributed by atoms with Gasteiger partial charge < -0.3 is 4.98 Å². The summed E-state index contributed by atoms with van der Waals surface area (Å²) in [6.45, 7) is 3.95. The summed E-state index contributed by atoms with van der Waals surface area (Å²) in [7, 11) is 0. The van der Waals surface area contributed by atoms with Gasteiger partial charge in [-0.25, -0.2) is 4.79 Å². The zero-order chi connectivity index (χ0) is 16.7. The fourth-order valence-corrected chi connectivity index (χ4v) is 3.26. The lowest BCUT2D eigenvalue weighted by atomic mass is 10.1. The molecule has 0 aliphatic carbocycles. The van der Waals surface area contributed by atoms with Gasteiger partial charge in [-0.2, -0.15) is 0 Å². The molecule has 0 fully saturated rings. The van der Waals surface area contributed by atoms with E-state index < -0.39 is 0 Å². The fourth-order valence-electron chi connectivity index (χ4n) is 3.26. The van der Waals surface area contributed by atoms with Gasteiger partial charge in [-0.05, 0) is 26.0 Å². The highest BCUT2D eigenvalue weighted by atomic mass is 16.1. The van der Waals surface area contributed by atoms with Gasteiger partial charge in [0.15, 0.2) is 0 Å². The Bertz CT molecular complexity index is 1030. The van der Waals surface area contributed by atoms with Gasteiger partial charge in [0.25, 0.3) is 0 Å². The van der Waals surface area contributed by atoms with Gasteiger partial charge in [0.1, 0.15) is 0 Å². The van der Waals surface area contributed by atoms with Crippen LogP contribution in [0.3, 0.4) is 0 Å². The van der Waals surface area contributed by atoms with Crippen molar-refractivity contribution < 1.29 is 0 Å². The van der Waals surface area contributed by atoms with Crippen molar-refractivity contribution in [2.75, 3.05) is 0 Å². The maximum absolute atomic E-state index is 12.7. The second-order valence-corrected chi connectivity index (χ2v) is 5.85. The fraction of sp³-hybridized carbons (Fsp3) is 0.100. The summed E-state index contributed by atoms with van der Waals surface area (Å²) < 4.78 is 1.70. The topological polar surface area (TPSA) is 50.7 Å². The molecule has 0 atom stereocenters. The van der Waals surface area contributed by atoms with E-state index >= 15 is 0 Å². The first kappa shape index (κ1) is 14.5. The Balaban J connectivity index is 2.03. The van der Waals surface area contributed by atoms with Crippen molar-refractivity contribution in [3.63, 3.8) is 0 Å². The van der Waals surface area contributed by atoms with Gasteiger partial charge in [-0.1, -0.05) is 48.5 Å². The van der Waals surface area contributed by atoms with Crippen LogP contribution in [0.1, 0.15) is 11.4 Å². The lowest BCUT2D eigenvalue weighted by Crippen LogP contribution is -2.25. The molecule has 2 aromatic rings. The first-order chi connectivity index (χ1) is 11.7. The van der Waals surface area contributed by atoms with Crippen LogP contribution in [0.5, 0.6) is 0 Å². The Morgan fingerprint density at radius 2 is 1.54 bits per heavy atom. The van der Waals surface area contributed by atoms with E-state index in [1.165, 1.54) is 0 Å². The first-order valence-corrected chi connectivity index (χ1v) is 7.89.